The van der Waals surface area contributed by atoms with Gasteiger partial charge in [0.1, 0.15) is 5.69 Å². The van der Waals surface area contributed by atoms with Gasteiger partial charge in [0.15, 0.2) is 0 Å². The molecule has 2 atom stereocenters. The molecule has 2 aromatic heterocycles. The summed E-state index contributed by atoms with van der Waals surface area (Å²) < 4.78 is 3.65. The van der Waals surface area contributed by atoms with E-state index in [4.69, 9.17) is 0 Å². The molecule has 2 aliphatic carbocycles. The van der Waals surface area contributed by atoms with E-state index >= 15 is 0 Å². The van der Waals surface area contributed by atoms with Crippen LogP contribution >= 0.6 is 0 Å². The highest BCUT2D eigenvalue weighted by Crippen LogP contribution is 2.63. The summed E-state index contributed by atoms with van der Waals surface area (Å²) >= 11 is 0. The monoisotopic (exact) mass is 299 g/mol. The van der Waals surface area contributed by atoms with E-state index in [9.17, 15) is 4.79 Å². The van der Waals surface area contributed by atoms with Crippen molar-refractivity contribution in [2.24, 2.45) is 11.3 Å². The van der Waals surface area contributed by atoms with Crippen LogP contribution in [0.4, 0.5) is 0 Å². The number of nitrogens with zero attached hydrogens (tertiary/aromatic N) is 4. The van der Waals surface area contributed by atoms with Gasteiger partial charge in [-0.15, -0.1) is 0 Å². The number of nitrogens with one attached hydrogen (secondary N) is 1. The molecule has 2 heterocycles. The molecular weight excluding hydrogens is 278 g/mol. The Morgan fingerprint density at radius 2 is 2.27 bits per heavy atom. The van der Waals surface area contributed by atoms with E-state index in [-0.39, 0.29) is 5.91 Å². The summed E-state index contributed by atoms with van der Waals surface area (Å²) in [4.78, 5) is 12.2. The number of rotatable bonds is 6. The predicted molar refractivity (Wildman–Crippen MR) is 81.2 cm³/mol. The minimum absolute atomic E-state index is 0.0511. The molecule has 0 aliphatic heterocycles. The Kier molecular flexibility index (Phi) is 3.24. The summed E-state index contributed by atoms with van der Waals surface area (Å²) in [5, 5.41) is 11.6. The first-order valence-corrected chi connectivity index (χ1v) is 8.04. The molecule has 4 rings (SSSR count). The first-order chi connectivity index (χ1) is 10.8. The Hall–Kier alpha value is -2.11. The van der Waals surface area contributed by atoms with E-state index in [1.165, 1.54) is 25.7 Å². The second-order valence-electron chi connectivity index (χ2n) is 6.57. The van der Waals surface area contributed by atoms with E-state index in [2.05, 4.69) is 15.5 Å². The fraction of sp³-hybridized carbons (Fsp3) is 0.562. The number of fused-ring (bicyclic) bond motifs is 1. The number of aromatic nitrogens is 4. The van der Waals surface area contributed by atoms with Crippen LogP contribution in [0, 0.1) is 11.3 Å². The van der Waals surface area contributed by atoms with Gasteiger partial charge in [0.25, 0.3) is 5.91 Å². The second kappa shape index (κ2) is 5.26. The molecule has 116 valence electrons. The highest BCUT2D eigenvalue weighted by atomic mass is 16.1. The Bertz CT molecular complexity index is 662. The zero-order valence-electron chi connectivity index (χ0n) is 12.6. The fourth-order valence-corrected chi connectivity index (χ4v) is 3.74. The van der Waals surface area contributed by atoms with Gasteiger partial charge in [0.2, 0.25) is 0 Å². The van der Waals surface area contributed by atoms with Crippen LogP contribution in [0.25, 0.3) is 0 Å². The molecule has 0 bridgehead atoms. The number of amides is 1. The van der Waals surface area contributed by atoms with Crippen molar-refractivity contribution in [3.63, 3.8) is 0 Å². The number of hydrogen-bond acceptors (Lipinski definition) is 3. The van der Waals surface area contributed by atoms with Crippen LogP contribution in [0.1, 0.15) is 36.2 Å². The second-order valence-corrected chi connectivity index (χ2v) is 6.57. The smallest absolute Gasteiger partial charge is 0.271 e. The molecule has 1 amide bonds. The maximum Gasteiger partial charge on any atom is 0.271 e. The molecule has 22 heavy (non-hydrogen) atoms. The average Bonchev–Trinajstić information content (AvgIpc) is 3.04. The normalized spacial score (nSPS) is 25.9. The number of carbonyl (C=O) groups excluding carboxylic acids is 1. The molecule has 0 aromatic carbocycles. The minimum Gasteiger partial charge on any atom is -0.350 e. The fourth-order valence-electron chi connectivity index (χ4n) is 3.74. The molecule has 0 spiro atoms. The lowest BCUT2D eigenvalue weighted by atomic mass is 10.0. The highest BCUT2D eigenvalue weighted by molar-refractivity contribution is 5.92. The number of aryl methyl sites for hydroxylation is 2. The van der Waals surface area contributed by atoms with Crippen molar-refractivity contribution >= 4 is 5.91 Å². The standard InChI is InChI=1S/C16H21N5O/c22-15(17-12-16-5-1-3-13(16)11-16)14-4-8-21(19-14)10-9-20-7-2-6-18-20/h2,4,6-8,13H,1,3,5,9-12H2,(H,17,22)/t13-,16+/m1/s1. The topological polar surface area (TPSA) is 64.7 Å². The van der Waals surface area contributed by atoms with Crippen LogP contribution in [0.3, 0.4) is 0 Å². The third-order valence-corrected chi connectivity index (χ3v) is 5.18. The van der Waals surface area contributed by atoms with Gasteiger partial charge in [-0.3, -0.25) is 14.2 Å². The van der Waals surface area contributed by atoms with Crippen LogP contribution < -0.4 is 5.32 Å². The van der Waals surface area contributed by atoms with Gasteiger partial charge in [-0.25, -0.2) is 0 Å². The molecule has 6 nitrogen and oxygen atoms in total. The van der Waals surface area contributed by atoms with Gasteiger partial charge < -0.3 is 5.32 Å². The van der Waals surface area contributed by atoms with E-state index in [1.807, 2.05) is 23.1 Å². The van der Waals surface area contributed by atoms with Crippen LogP contribution in [0.15, 0.2) is 30.7 Å². The molecule has 2 aromatic rings. The lowest BCUT2D eigenvalue weighted by Crippen LogP contribution is -2.30. The van der Waals surface area contributed by atoms with Crippen molar-refractivity contribution in [3.05, 3.63) is 36.4 Å². The Balaban J connectivity index is 1.30. The van der Waals surface area contributed by atoms with E-state index in [0.717, 1.165) is 19.0 Å². The maximum absolute atomic E-state index is 12.2. The predicted octanol–water partition coefficient (Wildman–Crippen LogP) is 1.70. The summed E-state index contributed by atoms with van der Waals surface area (Å²) in [5.41, 5.74) is 0.935. The van der Waals surface area contributed by atoms with Crippen molar-refractivity contribution in [2.75, 3.05) is 6.54 Å². The first-order valence-electron chi connectivity index (χ1n) is 8.04. The summed E-state index contributed by atoms with van der Waals surface area (Å²) in [5.74, 6) is 0.809. The zero-order valence-corrected chi connectivity index (χ0v) is 12.6. The number of carbonyl (C=O) groups is 1. The van der Waals surface area contributed by atoms with Gasteiger partial charge in [0.05, 0.1) is 13.1 Å². The third kappa shape index (κ3) is 2.53. The van der Waals surface area contributed by atoms with Crippen molar-refractivity contribution in [2.45, 2.75) is 38.8 Å². The molecule has 2 saturated carbocycles. The molecule has 0 radical (unpaired) electrons. The van der Waals surface area contributed by atoms with E-state index in [1.54, 1.807) is 16.9 Å². The van der Waals surface area contributed by atoms with Crippen LogP contribution in [-0.2, 0) is 13.1 Å². The van der Waals surface area contributed by atoms with Crippen LogP contribution in [0.2, 0.25) is 0 Å². The van der Waals surface area contributed by atoms with Gasteiger partial charge in [0, 0.05) is 25.1 Å². The maximum atomic E-state index is 12.2. The van der Waals surface area contributed by atoms with E-state index < -0.39 is 0 Å². The number of hydrogen-bond donors (Lipinski definition) is 1. The van der Waals surface area contributed by atoms with Crippen molar-refractivity contribution < 1.29 is 4.79 Å². The molecule has 0 saturated heterocycles. The minimum atomic E-state index is -0.0511. The molecule has 6 heteroatoms. The summed E-state index contributed by atoms with van der Waals surface area (Å²) in [6.45, 7) is 2.28. The Labute approximate surface area is 129 Å². The average molecular weight is 299 g/mol. The van der Waals surface area contributed by atoms with Crippen molar-refractivity contribution in [1.29, 1.82) is 0 Å². The summed E-state index contributed by atoms with van der Waals surface area (Å²) in [6, 6.07) is 3.69. The molecule has 2 aliphatic rings. The summed E-state index contributed by atoms with van der Waals surface area (Å²) in [7, 11) is 0. The van der Waals surface area contributed by atoms with Gasteiger partial charge in [-0.2, -0.15) is 10.2 Å². The quantitative estimate of drug-likeness (QED) is 0.883. The third-order valence-electron chi connectivity index (χ3n) is 5.18. The SMILES string of the molecule is O=C(NC[C@@]12CCC[C@@H]1C2)c1ccn(CCn2cccn2)n1. The van der Waals surface area contributed by atoms with Crippen LogP contribution in [0.5, 0.6) is 0 Å². The lowest BCUT2D eigenvalue weighted by molar-refractivity contribution is 0.0938. The van der Waals surface area contributed by atoms with Gasteiger partial charge in [-0.05, 0) is 42.7 Å². The molecular formula is C16H21N5O. The van der Waals surface area contributed by atoms with Gasteiger partial charge >= 0.3 is 0 Å². The Morgan fingerprint density at radius 1 is 1.36 bits per heavy atom. The van der Waals surface area contributed by atoms with Gasteiger partial charge in [-0.1, -0.05) is 6.42 Å². The Morgan fingerprint density at radius 3 is 3.00 bits per heavy atom. The lowest BCUT2D eigenvalue weighted by Gasteiger charge is -2.12. The zero-order chi connectivity index (χ0) is 15.0. The largest absolute Gasteiger partial charge is 0.350 e. The molecule has 2 fully saturated rings. The van der Waals surface area contributed by atoms with E-state index in [0.29, 0.717) is 17.7 Å². The molecule has 1 N–H and O–H groups in total. The first kappa shape index (κ1) is 13.5. The van der Waals surface area contributed by atoms with Crippen molar-refractivity contribution in [1.82, 2.24) is 24.9 Å². The van der Waals surface area contributed by atoms with Crippen molar-refractivity contribution in [3.8, 4) is 0 Å². The summed E-state index contributed by atoms with van der Waals surface area (Å²) in [6.07, 6.45) is 10.8. The highest BCUT2D eigenvalue weighted by Gasteiger charge is 2.56. The molecule has 0 unspecified atom stereocenters. The van der Waals surface area contributed by atoms with Crippen LogP contribution in [-0.4, -0.2) is 32.0 Å².